The highest BCUT2D eigenvalue weighted by atomic mass is 16.5. The number of hydrogen-bond donors (Lipinski definition) is 2. The third kappa shape index (κ3) is 21.9. The molecule has 0 aromatic heterocycles. The second-order valence-corrected chi connectivity index (χ2v) is 7.45. The summed E-state index contributed by atoms with van der Waals surface area (Å²) in [6.07, 6.45) is 19.5. The molecule has 0 heterocycles. The molecule has 4 heteroatoms. The molecule has 1 atom stereocenters. The van der Waals surface area contributed by atoms with Gasteiger partial charge in [0.15, 0.2) is 0 Å². The first-order valence-corrected chi connectivity index (χ1v) is 11.3. The van der Waals surface area contributed by atoms with Crippen molar-refractivity contribution in [3.63, 3.8) is 0 Å². The van der Waals surface area contributed by atoms with Gasteiger partial charge in [0, 0.05) is 0 Å². The Balaban J connectivity index is 3.09. The Hall–Kier alpha value is -0.160. The van der Waals surface area contributed by atoms with E-state index in [-0.39, 0.29) is 12.7 Å². The molecule has 2 N–H and O–H groups in total. The maximum Gasteiger partial charge on any atom is 0.0773 e. The van der Waals surface area contributed by atoms with Gasteiger partial charge in [0.05, 0.1) is 39.1 Å². The highest BCUT2D eigenvalue weighted by molar-refractivity contribution is 4.55. The standard InChI is InChI=1S/C22H46O4/c1-2-3-4-5-6-7-8-9-10-11-12-13-14-15-16-22(24)21-26-20-19-25-18-17-23/h22-24H,2-21H2,1H3/t22-/m1/s1. The van der Waals surface area contributed by atoms with Crippen LogP contribution in [0.5, 0.6) is 0 Å². The molecule has 0 spiro atoms. The Morgan fingerprint density at radius 3 is 1.58 bits per heavy atom. The Labute approximate surface area is 162 Å². The fourth-order valence-electron chi connectivity index (χ4n) is 3.16. The average Bonchev–Trinajstić information content (AvgIpc) is 2.65. The number of hydrogen-bond acceptors (Lipinski definition) is 4. The largest absolute Gasteiger partial charge is 0.394 e. The van der Waals surface area contributed by atoms with Gasteiger partial charge in [-0.15, -0.1) is 0 Å². The number of rotatable bonds is 22. The van der Waals surface area contributed by atoms with Crippen LogP contribution in [0.2, 0.25) is 0 Å². The van der Waals surface area contributed by atoms with Crippen molar-refractivity contribution in [2.24, 2.45) is 0 Å². The van der Waals surface area contributed by atoms with E-state index in [9.17, 15) is 5.11 Å². The van der Waals surface area contributed by atoms with E-state index in [4.69, 9.17) is 14.6 Å². The lowest BCUT2D eigenvalue weighted by Crippen LogP contribution is -2.17. The van der Waals surface area contributed by atoms with Gasteiger partial charge in [-0.3, -0.25) is 0 Å². The number of aliphatic hydroxyl groups is 2. The van der Waals surface area contributed by atoms with E-state index in [0.29, 0.717) is 26.4 Å². The van der Waals surface area contributed by atoms with E-state index in [1.54, 1.807) is 0 Å². The smallest absolute Gasteiger partial charge is 0.0773 e. The molecule has 0 aliphatic rings. The van der Waals surface area contributed by atoms with Crippen molar-refractivity contribution in [3.05, 3.63) is 0 Å². The molecule has 0 rings (SSSR count). The zero-order chi connectivity index (χ0) is 19.1. The van der Waals surface area contributed by atoms with E-state index >= 15 is 0 Å². The van der Waals surface area contributed by atoms with Crippen LogP contribution in [-0.4, -0.2) is 49.4 Å². The Morgan fingerprint density at radius 2 is 1.08 bits per heavy atom. The lowest BCUT2D eigenvalue weighted by molar-refractivity contribution is -0.00465. The summed E-state index contributed by atoms with van der Waals surface area (Å²) < 4.78 is 10.4. The summed E-state index contributed by atoms with van der Waals surface area (Å²) in [6, 6.07) is 0. The summed E-state index contributed by atoms with van der Waals surface area (Å²) in [4.78, 5) is 0. The molecule has 4 nitrogen and oxygen atoms in total. The number of unbranched alkanes of at least 4 members (excludes halogenated alkanes) is 13. The minimum Gasteiger partial charge on any atom is -0.394 e. The van der Waals surface area contributed by atoms with E-state index in [1.807, 2.05) is 0 Å². The van der Waals surface area contributed by atoms with E-state index in [0.717, 1.165) is 12.8 Å². The lowest BCUT2D eigenvalue weighted by Gasteiger charge is -2.11. The van der Waals surface area contributed by atoms with Gasteiger partial charge in [0.1, 0.15) is 0 Å². The Kier molecular flexibility index (Phi) is 22.7. The van der Waals surface area contributed by atoms with Gasteiger partial charge < -0.3 is 19.7 Å². The molecule has 0 bridgehead atoms. The van der Waals surface area contributed by atoms with Gasteiger partial charge in [0.25, 0.3) is 0 Å². The third-order valence-electron chi connectivity index (χ3n) is 4.81. The average molecular weight is 375 g/mol. The first-order chi connectivity index (χ1) is 12.8. The highest BCUT2D eigenvalue weighted by Crippen LogP contribution is 2.13. The van der Waals surface area contributed by atoms with Crippen LogP contribution in [-0.2, 0) is 9.47 Å². The molecule has 0 aliphatic carbocycles. The quantitative estimate of drug-likeness (QED) is 0.254. The molecule has 0 saturated carbocycles. The predicted octanol–water partition coefficient (Wildman–Crippen LogP) is 5.24. The molecule has 0 amide bonds. The normalized spacial score (nSPS) is 12.6. The molecule has 0 fully saturated rings. The second-order valence-electron chi connectivity index (χ2n) is 7.45. The van der Waals surface area contributed by atoms with Crippen molar-refractivity contribution in [2.75, 3.05) is 33.0 Å². The number of ether oxygens (including phenoxy) is 2. The zero-order valence-corrected chi connectivity index (χ0v) is 17.4. The van der Waals surface area contributed by atoms with Crippen LogP contribution < -0.4 is 0 Å². The molecule has 0 aromatic rings. The predicted molar refractivity (Wildman–Crippen MR) is 110 cm³/mol. The van der Waals surface area contributed by atoms with Crippen LogP contribution in [0.15, 0.2) is 0 Å². The van der Waals surface area contributed by atoms with Gasteiger partial charge in [-0.25, -0.2) is 0 Å². The van der Waals surface area contributed by atoms with Crippen LogP contribution >= 0.6 is 0 Å². The fourth-order valence-corrected chi connectivity index (χ4v) is 3.16. The summed E-state index contributed by atoms with van der Waals surface area (Å²) in [5.74, 6) is 0. The van der Waals surface area contributed by atoms with E-state index < -0.39 is 0 Å². The van der Waals surface area contributed by atoms with Crippen molar-refractivity contribution in [2.45, 2.75) is 109 Å². The third-order valence-corrected chi connectivity index (χ3v) is 4.81. The topological polar surface area (TPSA) is 58.9 Å². The molecule has 158 valence electrons. The van der Waals surface area contributed by atoms with Crippen molar-refractivity contribution in [1.82, 2.24) is 0 Å². The zero-order valence-electron chi connectivity index (χ0n) is 17.4. The Morgan fingerprint density at radius 1 is 0.615 bits per heavy atom. The summed E-state index contributed by atoms with van der Waals surface area (Å²) in [7, 11) is 0. The Bertz CT molecular complexity index is 248. The maximum atomic E-state index is 9.84. The molecular weight excluding hydrogens is 328 g/mol. The van der Waals surface area contributed by atoms with Crippen LogP contribution in [0.1, 0.15) is 103 Å². The summed E-state index contributed by atoms with van der Waals surface area (Å²) in [5, 5.41) is 18.4. The lowest BCUT2D eigenvalue weighted by atomic mass is 10.0. The molecule has 0 radical (unpaired) electrons. The van der Waals surface area contributed by atoms with Gasteiger partial charge >= 0.3 is 0 Å². The van der Waals surface area contributed by atoms with E-state index in [2.05, 4.69) is 6.92 Å². The van der Waals surface area contributed by atoms with Crippen molar-refractivity contribution in [1.29, 1.82) is 0 Å². The first kappa shape index (κ1) is 25.8. The summed E-state index contributed by atoms with van der Waals surface area (Å²) >= 11 is 0. The maximum absolute atomic E-state index is 9.84. The van der Waals surface area contributed by atoms with Gasteiger partial charge in [-0.1, -0.05) is 96.8 Å². The van der Waals surface area contributed by atoms with Crippen LogP contribution in [0.25, 0.3) is 0 Å². The molecule has 0 aromatic carbocycles. The van der Waals surface area contributed by atoms with Crippen LogP contribution in [0.3, 0.4) is 0 Å². The minimum absolute atomic E-state index is 0.0434. The van der Waals surface area contributed by atoms with Crippen molar-refractivity contribution in [3.8, 4) is 0 Å². The fraction of sp³-hybridized carbons (Fsp3) is 1.00. The SMILES string of the molecule is CCCCCCCCCCCCCCCC[C@@H](O)COCCOCCO. The molecule has 0 aliphatic heterocycles. The van der Waals surface area contributed by atoms with Gasteiger partial charge in [0.2, 0.25) is 0 Å². The van der Waals surface area contributed by atoms with Crippen LogP contribution in [0, 0.1) is 0 Å². The van der Waals surface area contributed by atoms with Gasteiger partial charge in [-0.2, -0.15) is 0 Å². The minimum atomic E-state index is -0.356. The van der Waals surface area contributed by atoms with Crippen molar-refractivity contribution >= 4 is 0 Å². The number of aliphatic hydroxyl groups excluding tert-OH is 2. The first-order valence-electron chi connectivity index (χ1n) is 11.3. The molecule has 0 saturated heterocycles. The molecule has 0 unspecified atom stereocenters. The molecule has 26 heavy (non-hydrogen) atoms. The summed E-state index contributed by atoms with van der Waals surface area (Å²) in [5.41, 5.74) is 0. The van der Waals surface area contributed by atoms with E-state index in [1.165, 1.54) is 83.5 Å². The summed E-state index contributed by atoms with van der Waals surface area (Å²) in [6.45, 7) is 4.02. The highest BCUT2D eigenvalue weighted by Gasteiger charge is 2.04. The van der Waals surface area contributed by atoms with Crippen LogP contribution in [0.4, 0.5) is 0 Å². The van der Waals surface area contributed by atoms with Gasteiger partial charge in [-0.05, 0) is 6.42 Å². The monoisotopic (exact) mass is 374 g/mol. The van der Waals surface area contributed by atoms with Crippen molar-refractivity contribution < 1.29 is 19.7 Å². The molecular formula is C22H46O4. The second kappa shape index (κ2) is 22.9.